The highest BCUT2D eigenvalue weighted by Gasteiger charge is 2.41. The quantitative estimate of drug-likeness (QED) is 0.901. The summed E-state index contributed by atoms with van der Waals surface area (Å²) in [7, 11) is 1.99. The third-order valence-electron chi connectivity index (χ3n) is 5.04. The topological polar surface area (TPSA) is 58.4 Å². The van der Waals surface area contributed by atoms with Crippen LogP contribution in [-0.4, -0.2) is 37.8 Å². The van der Waals surface area contributed by atoms with Crippen molar-refractivity contribution in [2.45, 2.75) is 57.7 Å². The molecule has 1 N–H and O–H groups in total. The molecule has 116 valence electrons. The molecule has 21 heavy (non-hydrogen) atoms. The lowest BCUT2D eigenvalue weighted by atomic mass is 9.88. The fourth-order valence-corrected chi connectivity index (χ4v) is 4.54. The lowest BCUT2D eigenvalue weighted by Gasteiger charge is -2.38. The minimum atomic E-state index is -0.655. The summed E-state index contributed by atoms with van der Waals surface area (Å²) in [5.74, 6) is -0.300. The van der Waals surface area contributed by atoms with Crippen LogP contribution in [0.5, 0.6) is 0 Å². The first-order chi connectivity index (χ1) is 9.95. The summed E-state index contributed by atoms with van der Waals surface area (Å²) in [6.45, 7) is 2.92. The van der Waals surface area contributed by atoms with Gasteiger partial charge >= 0.3 is 5.97 Å². The van der Waals surface area contributed by atoms with E-state index in [1.807, 2.05) is 18.7 Å². The van der Waals surface area contributed by atoms with Crippen LogP contribution in [-0.2, 0) is 18.4 Å². The molecule has 3 heterocycles. The fourth-order valence-electron chi connectivity index (χ4n) is 4.08. The Morgan fingerprint density at radius 2 is 2.00 bits per heavy atom. The molecule has 0 aliphatic carbocycles. The van der Waals surface area contributed by atoms with E-state index in [4.69, 9.17) is 5.11 Å². The second-order valence-electron chi connectivity index (χ2n) is 6.46. The molecular weight excluding hydrogens is 334 g/mol. The smallest absolute Gasteiger partial charge is 0.303 e. The van der Waals surface area contributed by atoms with E-state index < -0.39 is 5.97 Å². The Bertz CT molecular complexity index is 543. The molecule has 0 saturated carbocycles. The van der Waals surface area contributed by atoms with Crippen molar-refractivity contribution in [2.24, 2.45) is 13.0 Å². The van der Waals surface area contributed by atoms with Crippen molar-refractivity contribution in [3.8, 4) is 0 Å². The number of carbonyl (C=O) groups is 1. The summed E-state index contributed by atoms with van der Waals surface area (Å²) in [6.07, 6.45) is 4.79. The van der Waals surface area contributed by atoms with E-state index in [1.54, 1.807) is 0 Å². The standard InChI is InChI=1S/C15H22BrN3O2/c1-9-15(16)13(18(2)17-9)8-19-11-3-4-12(19)6-10(5-11)7-14(20)21/h10-12H,3-8H2,1-2H3,(H,20,21). The van der Waals surface area contributed by atoms with E-state index in [0.717, 1.165) is 29.6 Å². The van der Waals surface area contributed by atoms with E-state index in [2.05, 4.69) is 25.9 Å². The maximum Gasteiger partial charge on any atom is 0.303 e. The number of piperidine rings is 1. The number of fused-ring (bicyclic) bond motifs is 2. The molecule has 2 aliphatic rings. The third kappa shape index (κ3) is 2.88. The van der Waals surface area contributed by atoms with Gasteiger partial charge in [-0.25, -0.2) is 0 Å². The number of hydrogen-bond donors (Lipinski definition) is 1. The Kier molecular flexibility index (Phi) is 4.10. The maximum absolute atomic E-state index is 10.9. The Balaban J connectivity index is 1.72. The molecular formula is C15H22BrN3O2. The minimum Gasteiger partial charge on any atom is -0.481 e. The summed E-state index contributed by atoms with van der Waals surface area (Å²) in [4.78, 5) is 13.5. The molecule has 6 heteroatoms. The first-order valence-corrected chi connectivity index (χ1v) is 8.40. The Labute approximate surface area is 133 Å². The SMILES string of the molecule is Cc1nn(C)c(CN2C3CCC2CC(CC(=O)O)C3)c1Br. The van der Waals surface area contributed by atoms with Crippen LogP contribution in [0, 0.1) is 12.8 Å². The first kappa shape index (κ1) is 15.0. The lowest BCUT2D eigenvalue weighted by molar-refractivity contribution is -0.138. The van der Waals surface area contributed by atoms with Crippen LogP contribution in [0.15, 0.2) is 4.47 Å². The van der Waals surface area contributed by atoms with Gasteiger partial charge in [-0.15, -0.1) is 0 Å². The van der Waals surface area contributed by atoms with Crippen LogP contribution >= 0.6 is 15.9 Å². The molecule has 2 aliphatic heterocycles. The van der Waals surface area contributed by atoms with E-state index >= 15 is 0 Å². The number of aromatic nitrogens is 2. The highest BCUT2D eigenvalue weighted by molar-refractivity contribution is 9.10. The number of carboxylic acid groups (broad SMARTS) is 1. The normalized spacial score (nSPS) is 29.0. The fraction of sp³-hybridized carbons (Fsp3) is 0.733. The van der Waals surface area contributed by atoms with Crippen LogP contribution < -0.4 is 0 Å². The largest absolute Gasteiger partial charge is 0.481 e. The van der Waals surface area contributed by atoms with Gasteiger partial charge < -0.3 is 5.11 Å². The van der Waals surface area contributed by atoms with Crippen LogP contribution in [0.3, 0.4) is 0 Å². The number of rotatable bonds is 4. The molecule has 0 amide bonds. The van der Waals surface area contributed by atoms with Crippen molar-refractivity contribution in [1.82, 2.24) is 14.7 Å². The van der Waals surface area contributed by atoms with E-state index in [1.165, 1.54) is 18.5 Å². The number of carboxylic acids is 1. The van der Waals surface area contributed by atoms with Crippen LogP contribution in [0.2, 0.25) is 0 Å². The van der Waals surface area contributed by atoms with Gasteiger partial charge in [-0.1, -0.05) is 0 Å². The van der Waals surface area contributed by atoms with Gasteiger partial charge in [-0.2, -0.15) is 5.10 Å². The zero-order chi connectivity index (χ0) is 15.1. The van der Waals surface area contributed by atoms with Gasteiger partial charge in [0.1, 0.15) is 0 Å². The predicted octanol–water partition coefficient (Wildman–Crippen LogP) is 2.71. The Hall–Kier alpha value is -0.880. The Morgan fingerprint density at radius 1 is 1.38 bits per heavy atom. The van der Waals surface area contributed by atoms with Gasteiger partial charge in [0.05, 0.1) is 15.9 Å². The molecule has 2 unspecified atom stereocenters. The molecule has 1 aromatic heterocycles. The second kappa shape index (κ2) is 5.72. The first-order valence-electron chi connectivity index (χ1n) is 7.61. The molecule has 1 aromatic rings. The highest BCUT2D eigenvalue weighted by Crippen LogP contribution is 2.41. The molecule has 0 spiro atoms. The van der Waals surface area contributed by atoms with Gasteiger partial charge in [-0.05, 0) is 54.5 Å². The van der Waals surface area contributed by atoms with Crippen LogP contribution in [0.4, 0.5) is 0 Å². The van der Waals surface area contributed by atoms with Crippen LogP contribution in [0.25, 0.3) is 0 Å². The average Bonchev–Trinajstić information content (AvgIpc) is 2.77. The number of halogens is 1. The van der Waals surface area contributed by atoms with Crippen molar-refractivity contribution in [2.75, 3.05) is 0 Å². The van der Waals surface area contributed by atoms with Crippen molar-refractivity contribution in [1.29, 1.82) is 0 Å². The molecule has 5 nitrogen and oxygen atoms in total. The number of hydrogen-bond acceptors (Lipinski definition) is 3. The summed E-state index contributed by atoms with van der Waals surface area (Å²) >= 11 is 3.64. The maximum atomic E-state index is 10.9. The summed E-state index contributed by atoms with van der Waals surface area (Å²) < 4.78 is 3.07. The van der Waals surface area contributed by atoms with Crippen molar-refractivity contribution in [3.05, 3.63) is 15.9 Å². The monoisotopic (exact) mass is 355 g/mol. The molecule has 2 fully saturated rings. The number of aliphatic carboxylic acids is 1. The van der Waals surface area contributed by atoms with E-state index in [0.29, 0.717) is 24.4 Å². The summed E-state index contributed by atoms with van der Waals surface area (Å²) in [5, 5.41) is 13.5. The van der Waals surface area contributed by atoms with Crippen LogP contribution in [0.1, 0.15) is 43.5 Å². The van der Waals surface area contributed by atoms with Gasteiger partial charge in [0.15, 0.2) is 0 Å². The molecule has 3 rings (SSSR count). The zero-order valence-electron chi connectivity index (χ0n) is 12.5. The average molecular weight is 356 g/mol. The van der Waals surface area contributed by atoms with Gasteiger partial charge in [0.25, 0.3) is 0 Å². The zero-order valence-corrected chi connectivity index (χ0v) is 14.1. The lowest BCUT2D eigenvalue weighted by Crippen LogP contribution is -2.43. The minimum absolute atomic E-state index is 0.329. The molecule has 2 bridgehead atoms. The molecule has 2 saturated heterocycles. The van der Waals surface area contributed by atoms with Crippen molar-refractivity contribution in [3.63, 3.8) is 0 Å². The van der Waals surface area contributed by atoms with Gasteiger partial charge in [0, 0.05) is 32.1 Å². The third-order valence-corrected chi connectivity index (χ3v) is 6.07. The number of aryl methyl sites for hydroxylation is 2. The van der Waals surface area contributed by atoms with E-state index in [9.17, 15) is 4.79 Å². The Morgan fingerprint density at radius 3 is 2.48 bits per heavy atom. The summed E-state index contributed by atoms with van der Waals surface area (Å²) in [5.41, 5.74) is 2.25. The highest BCUT2D eigenvalue weighted by atomic mass is 79.9. The second-order valence-corrected chi connectivity index (χ2v) is 7.26. The van der Waals surface area contributed by atoms with Crippen molar-refractivity contribution >= 4 is 21.9 Å². The summed E-state index contributed by atoms with van der Waals surface area (Å²) in [6, 6.07) is 1.07. The van der Waals surface area contributed by atoms with E-state index in [-0.39, 0.29) is 0 Å². The van der Waals surface area contributed by atoms with Crippen molar-refractivity contribution < 1.29 is 9.90 Å². The predicted molar refractivity (Wildman–Crippen MR) is 83.0 cm³/mol. The molecule has 2 atom stereocenters. The molecule has 0 aromatic carbocycles. The van der Waals surface area contributed by atoms with Gasteiger partial charge in [0.2, 0.25) is 0 Å². The number of nitrogens with zero attached hydrogens (tertiary/aromatic N) is 3. The molecule has 0 radical (unpaired) electrons. The van der Waals surface area contributed by atoms with Gasteiger partial charge in [-0.3, -0.25) is 14.4 Å².